The zero-order valence-electron chi connectivity index (χ0n) is 12.4. The Balaban J connectivity index is 2.19. The van der Waals surface area contributed by atoms with Gasteiger partial charge in [0.05, 0.1) is 23.4 Å². The van der Waals surface area contributed by atoms with Gasteiger partial charge >= 0.3 is 0 Å². The van der Waals surface area contributed by atoms with Crippen molar-refractivity contribution in [1.29, 1.82) is 0 Å². The molecule has 0 aliphatic carbocycles. The average Bonchev–Trinajstić information content (AvgIpc) is 2.80. The molecule has 0 radical (unpaired) electrons. The maximum absolute atomic E-state index is 12.6. The number of unbranched alkanes of at least 4 members (excludes halogenated alkanes) is 1. The first-order valence-corrected chi connectivity index (χ1v) is 9.05. The summed E-state index contributed by atoms with van der Waals surface area (Å²) in [6.07, 6.45) is 5.32. The van der Waals surface area contributed by atoms with Crippen LogP contribution in [0.25, 0.3) is 0 Å². The lowest BCUT2D eigenvalue weighted by Gasteiger charge is -2.27. The summed E-state index contributed by atoms with van der Waals surface area (Å²) < 4.78 is 23.3. The van der Waals surface area contributed by atoms with E-state index in [4.69, 9.17) is 0 Å². The SMILES string of the molecule is CCCCN(C(=O)c1cnc(C)cn1)C1CCS(=O)(=O)C1. The van der Waals surface area contributed by atoms with E-state index < -0.39 is 9.84 Å². The van der Waals surface area contributed by atoms with E-state index in [0.29, 0.717) is 13.0 Å². The van der Waals surface area contributed by atoms with Crippen LogP contribution in [0, 0.1) is 6.92 Å². The Hall–Kier alpha value is -1.50. The minimum Gasteiger partial charge on any atom is -0.333 e. The van der Waals surface area contributed by atoms with Gasteiger partial charge in [0.2, 0.25) is 0 Å². The Kier molecular flexibility index (Phi) is 4.92. The molecule has 0 aromatic carbocycles. The molecule has 1 saturated heterocycles. The van der Waals surface area contributed by atoms with Crippen LogP contribution in [-0.2, 0) is 9.84 Å². The number of carbonyl (C=O) groups excluding carboxylic acids is 1. The third kappa shape index (κ3) is 4.00. The molecule has 21 heavy (non-hydrogen) atoms. The molecular formula is C14H21N3O3S. The molecule has 7 heteroatoms. The Labute approximate surface area is 125 Å². The number of aryl methyl sites for hydroxylation is 1. The maximum atomic E-state index is 12.6. The molecule has 1 fully saturated rings. The molecule has 1 aromatic rings. The van der Waals surface area contributed by atoms with E-state index in [9.17, 15) is 13.2 Å². The minimum absolute atomic E-state index is 0.0573. The van der Waals surface area contributed by atoms with Gasteiger partial charge in [-0.25, -0.2) is 13.4 Å². The van der Waals surface area contributed by atoms with Crippen molar-refractivity contribution in [2.75, 3.05) is 18.1 Å². The largest absolute Gasteiger partial charge is 0.333 e. The molecule has 2 heterocycles. The van der Waals surface area contributed by atoms with Crippen molar-refractivity contribution >= 4 is 15.7 Å². The van der Waals surface area contributed by atoms with Crippen LogP contribution in [0.5, 0.6) is 0 Å². The van der Waals surface area contributed by atoms with Gasteiger partial charge in [-0.15, -0.1) is 0 Å². The summed E-state index contributed by atoms with van der Waals surface area (Å²) in [4.78, 5) is 22.5. The van der Waals surface area contributed by atoms with Gasteiger partial charge in [-0.05, 0) is 19.8 Å². The van der Waals surface area contributed by atoms with Crippen molar-refractivity contribution in [2.24, 2.45) is 0 Å². The Bertz CT molecular complexity index is 598. The third-order valence-electron chi connectivity index (χ3n) is 3.66. The second-order valence-corrected chi connectivity index (χ2v) is 7.68. The normalized spacial score (nSPS) is 20.4. The van der Waals surface area contributed by atoms with Crippen LogP contribution in [0.4, 0.5) is 0 Å². The molecule has 0 bridgehead atoms. The van der Waals surface area contributed by atoms with E-state index in [1.165, 1.54) is 6.20 Å². The highest BCUT2D eigenvalue weighted by molar-refractivity contribution is 7.91. The fourth-order valence-electron chi connectivity index (χ4n) is 2.45. The van der Waals surface area contributed by atoms with Gasteiger partial charge in [-0.3, -0.25) is 9.78 Å². The molecule has 0 spiro atoms. The summed E-state index contributed by atoms with van der Waals surface area (Å²) in [5, 5.41) is 0. The molecule has 0 saturated carbocycles. The van der Waals surface area contributed by atoms with Gasteiger partial charge in [-0.1, -0.05) is 13.3 Å². The second-order valence-electron chi connectivity index (χ2n) is 5.45. The van der Waals surface area contributed by atoms with Gasteiger partial charge in [0.25, 0.3) is 5.91 Å². The summed E-state index contributed by atoms with van der Waals surface area (Å²) >= 11 is 0. The van der Waals surface area contributed by atoms with Crippen LogP contribution in [-0.4, -0.2) is 53.3 Å². The quantitative estimate of drug-likeness (QED) is 0.816. The number of amides is 1. The number of hydrogen-bond acceptors (Lipinski definition) is 5. The molecular weight excluding hydrogens is 290 g/mol. The lowest BCUT2D eigenvalue weighted by molar-refractivity contribution is 0.0687. The molecule has 1 unspecified atom stereocenters. The van der Waals surface area contributed by atoms with E-state index in [2.05, 4.69) is 9.97 Å². The topological polar surface area (TPSA) is 80.2 Å². The zero-order valence-corrected chi connectivity index (χ0v) is 13.3. The predicted molar refractivity (Wildman–Crippen MR) is 79.8 cm³/mol. The highest BCUT2D eigenvalue weighted by Gasteiger charge is 2.35. The van der Waals surface area contributed by atoms with Crippen LogP contribution in [0.3, 0.4) is 0 Å². The number of sulfone groups is 1. The predicted octanol–water partition coefficient (Wildman–Crippen LogP) is 1.21. The fraction of sp³-hybridized carbons (Fsp3) is 0.643. The van der Waals surface area contributed by atoms with Crippen LogP contribution in [0.2, 0.25) is 0 Å². The zero-order chi connectivity index (χ0) is 15.5. The molecule has 0 N–H and O–H groups in total. The van der Waals surface area contributed by atoms with Gasteiger partial charge in [0, 0.05) is 18.8 Å². The van der Waals surface area contributed by atoms with E-state index in [0.717, 1.165) is 18.5 Å². The van der Waals surface area contributed by atoms with Gasteiger partial charge in [0.15, 0.2) is 9.84 Å². The Morgan fingerprint density at radius 3 is 2.67 bits per heavy atom. The van der Waals surface area contributed by atoms with Crippen molar-refractivity contribution in [1.82, 2.24) is 14.9 Å². The number of aromatic nitrogens is 2. The van der Waals surface area contributed by atoms with E-state index in [1.54, 1.807) is 18.0 Å². The molecule has 2 rings (SSSR count). The Morgan fingerprint density at radius 2 is 2.14 bits per heavy atom. The standard InChI is InChI=1S/C14H21N3O3S/c1-3-4-6-17(12-5-7-21(19,20)10-12)14(18)13-9-15-11(2)8-16-13/h8-9,12H,3-7,10H2,1-2H3. The molecule has 116 valence electrons. The number of hydrogen-bond donors (Lipinski definition) is 0. The first-order chi connectivity index (χ1) is 9.93. The number of rotatable bonds is 5. The van der Waals surface area contributed by atoms with Crippen molar-refractivity contribution in [3.8, 4) is 0 Å². The van der Waals surface area contributed by atoms with Gasteiger partial charge in [-0.2, -0.15) is 0 Å². The monoisotopic (exact) mass is 311 g/mol. The molecule has 1 amide bonds. The van der Waals surface area contributed by atoms with Crippen LogP contribution >= 0.6 is 0 Å². The van der Waals surface area contributed by atoms with Crippen molar-refractivity contribution in [3.63, 3.8) is 0 Å². The Morgan fingerprint density at radius 1 is 1.38 bits per heavy atom. The summed E-state index contributed by atoms with van der Waals surface area (Å²) in [5.74, 6) is -0.00687. The molecule has 1 aromatic heterocycles. The minimum atomic E-state index is -3.02. The van der Waals surface area contributed by atoms with Crippen molar-refractivity contribution < 1.29 is 13.2 Å². The number of carbonyl (C=O) groups is 1. The highest BCUT2D eigenvalue weighted by atomic mass is 32.2. The van der Waals surface area contributed by atoms with Crippen molar-refractivity contribution in [2.45, 2.75) is 39.2 Å². The van der Waals surface area contributed by atoms with E-state index in [-0.39, 0.29) is 29.1 Å². The highest BCUT2D eigenvalue weighted by Crippen LogP contribution is 2.20. The first-order valence-electron chi connectivity index (χ1n) is 7.23. The van der Waals surface area contributed by atoms with Crippen LogP contribution < -0.4 is 0 Å². The molecule has 6 nitrogen and oxygen atoms in total. The molecule has 1 aliphatic rings. The molecule has 1 atom stereocenters. The lowest BCUT2D eigenvalue weighted by atomic mass is 10.2. The van der Waals surface area contributed by atoms with E-state index >= 15 is 0 Å². The number of nitrogens with zero attached hydrogens (tertiary/aromatic N) is 3. The van der Waals surface area contributed by atoms with Gasteiger partial charge in [0.1, 0.15) is 5.69 Å². The smallest absolute Gasteiger partial charge is 0.274 e. The third-order valence-corrected chi connectivity index (χ3v) is 5.41. The summed E-state index contributed by atoms with van der Waals surface area (Å²) in [6, 6.07) is -0.239. The summed E-state index contributed by atoms with van der Waals surface area (Å²) in [5.41, 5.74) is 1.02. The van der Waals surface area contributed by atoms with Crippen molar-refractivity contribution in [3.05, 3.63) is 23.8 Å². The average molecular weight is 311 g/mol. The van der Waals surface area contributed by atoms with Crippen LogP contribution in [0.1, 0.15) is 42.4 Å². The lowest BCUT2D eigenvalue weighted by Crippen LogP contribution is -2.42. The maximum Gasteiger partial charge on any atom is 0.274 e. The first kappa shape index (κ1) is 15.9. The van der Waals surface area contributed by atoms with Crippen LogP contribution in [0.15, 0.2) is 12.4 Å². The van der Waals surface area contributed by atoms with E-state index in [1.807, 2.05) is 6.92 Å². The molecule has 1 aliphatic heterocycles. The summed E-state index contributed by atoms with van der Waals surface area (Å²) in [6.45, 7) is 4.41. The fourth-order valence-corrected chi connectivity index (χ4v) is 4.18. The second kappa shape index (κ2) is 6.51. The summed E-state index contributed by atoms with van der Waals surface area (Å²) in [7, 11) is -3.02. The van der Waals surface area contributed by atoms with Gasteiger partial charge < -0.3 is 4.90 Å².